The second-order valence-corrected chi connectivity index (χ2v) is 10.7. The highest BCUT2D eigenvalue weighted by atomic mass is 19.1. The number of halogens is 1. The van der Waals surface area contributed by atoms with Crippen LogP contribution in [0.25, 0.3) is 39.1 Å². The van der Waals surface area contributed by atoms with E-state index in [1.54, 1.807) is 6.07 Å². The third-order valence-corrected chi connectivity index (χ3v) is 8.09. The second-order valence-electron chi connectivity index (χ2n) is 10.7. The molecule has 0 saturated carbocycles. The van der Waals surface area contributed by atoms with Crippen LogP contribution in [0.2, 0.25) is 0 Å². The van der Waals surface area contributed by atoms with E-state index in [1.165, 1.54) is 18.9 Å². The van der Waals surface area contributed by atoms with Crippen molar-refractivity contribution in [2.24, 2.45) is 7.05 Å². The van der Waals surface area contributed by atoms with Crippen molar-refractivity contribution in [1.82, 2.24) is 29.6 Å². The molecule has 3 N–H and O–H groups in total. The number of nitrogens with one attached hydrogen (secondary N) is 3. The molecular formula is C32H32FN7O. The summed E-state index contributed by atoms with van der Waals surface area (Å²) in [5.41, 5.74) is 7.28. The number of aromatic nitrogens is 5. The van der Waals surface area contributed by atoms with Crippen molar-refractivity contribution in [1.29, 1.82) is 0 Å². The summed E-state index contributed by atoms with van der Waals surface area (Å²) in [6.07, 6.45) is 10.1. The van der Waals surface area contributed by atoms with E-state index < -0.39 is 0 Å². The maximum absolute atomic E-state index is 14.8. The van der Waals surface area contributed by atoms with Crippen molar-refractivity contribution >= 4 is 22.3 Å². The topological polar surface area (TPSA) is 86.8 Å². The zero-order valence-electron chi connectivity index (χ0n) is 23.2. The summed E-state index contributed by atoms with van der Waals surface area (Å²) in [5, 5.41) is 12.2. The molecule has 2 aliphatic heterocycles. The lowest BCUT2D eigenvalue weighted by Gasteiger charge is -2.16. The number of aromatic amines is 2. The summed E-state index contributed by atoms with van der Waals surface area (Å²) in [6, 6.07) is 13.3. The van der Waals surface area contributed by atoms with Crippen molar-refractivity contribution in [3.05, 3.63) is 89.8 Å². The smallest absolute Gasteiger partial charge is 0.127 e. The fourth-order valence-corrected chi connectivity index (χ4v) is 5.78. The van der Waals surface area contributed by atoms with Gasteiger partial charge in [-0.3, -0.25) is 10.00 Å². The molecule has 0 radical (unpaired) electrons. The number of hydrogen-bond donors (Lipinski definition) is 3. The van der Waals surface area contributed by atoms with Crippen LogP contribution in [0.15, 0.2) is 67.0 Å². The van der Waals surface area contributed by atoms with Crippen molar-refractivity contribution in [2.75, 3.05) is 31.6 Å². The number of anilines is 1. The van der Waals surface area contributed by atoms with Crippen LogP contribution in [0.4, 0.5) is 10.2 Å². The molecule has 5 heterocycles. The minimum atomic E-state index is -0.325. The molecule has 3 aromatic heterocycles. The molecule has 8 nitrogen and oxygen atoms in total. The molecule has 0 atom stereocenters. The lowest BCUT2D eigenvalue weighted by Crippen LogP contribution is -2.25. The van der Waals surface area contributed by atoms with E-state index in [1.807, 2.05) is 50.7 Å². The number of nitrogens with zero attached hydrogens (tertiary/aromatic N) is 4. The van der Waals surface area contributed by atoms with Gasteiger partial charge in [-0.25, -0.2) is 9.37 Å². The largest absolute Gasteiger partial charge is 0.492 e. The van der Waals surface area contributed by atoms with Crippen LogP contribution < -0.4 is 10.1 Å². The summed E-state index contributed by atoms with van der Waals surface area (Å²) in [7, 11) is 2.02. The number of hydrogen-bond acceptors (Lipinski definition) is 5. The number of allylic oxidation sites excluding steroid dienone is 2. The van der Waals surface area contributed by atoms with E-state index in [4.69, 9.17) is 4.74 Å². The van der Waals surface area contributed by atoms with Crippen LogP contribution in [0.3, 0.4) is 0 Å². The van der Waals surface area contributed by atoms with Gasteiger partial charge in [0.05, 0.1) is 23.1 Å². The number of fused-ring (bicyclic) bond motifs is 2. The number of aryl methyl sites for hydroxylation is 1. The quantitative estimate of drug-likeness (QED) is 0.223. The van der Waals surface area contributed by atoms with E-state index in [0.717, 1.165) is 81.5 Å². The highest BCUT2D eigenvalue weighted by Crippen LogP contribution is 2.38. The summed E-state index contributed by atoms with van der Waals surface area (Å²) in [6.45, 7) is 5.60. The van der Waals surface area contributed by atoms with Gasteiger partial charge in [0.2, 0.25) is 0 Å². The van der Waals surface area contributed by atoms with E-state index in [-0.39, 0.29) is 5.82 Å². The summed E-state index contributed by atoms with van der Waals surface area (Å²) in [4.78, 5) is 10.3. The monoisotopic (exact) mass is 549 g/mol. The van der Waals surface area contributed by atoms with Crippen LogP contribution in [0.1, 0.15) is 29.8 Å². The van der Waals surface area contributed by atoms with Crippen LogP contribution in [0, 0.1) is 12.7 Å². The highest BCUT2D eigenvalue weighted by molar-refractivity contribution is 5.97. The molecule has 0 spiro atoms. The van der Waals surface area contributed by atoms with E-state index in [2.05, 4.69) is 53.1 Å². The molecule has 2 aliphatic rings. The Kier molecular flexibility index (Phi) is 6.43. The molecule has 0 bridgehead atoms. The summed E-state index contributed by atoms with van der Waals surface area (Å²) < 4.78 is 22.9. The highest BCUT2D eigenvalue weighted by Gasteiger charge is 2.20. The average molecular weight is 550 g/mol. The molecule has 41 heavy (non-hydrogen) atoms. The second kappa shape index (κ2) is 10.4. The normalized spacial score (nSPS) is 15.1. The maximum atomic E-state index is 14.8. The summed E-state index contributed by atoms with van der Waals surface area (Å²) in [5.74, 6) is 1.98. The molecule has 2 aromatic carbocycles. The fourth-order valence-electron chi connectivity index (χ4n) is 5.78. The lowest BCUT2D eigenvalue weighted by atomic mass is 9.98. The number of H-pyrrole nitrogens is 2. The van der Waals surface area contributed by atoms with Gasteiger partial charge < -0.3 is 19.6 Å². The Labute approximate surface area is 237 Å². The molecule has 0 aliphatic carbocycles. The Bertz CT molecular complexity index is 1800. The molecule has 0 amide bonds. The molecule has 1 saturated heterocycles. The number of rotatable bonds is 7. The van der Waals surface area contributed by atoms with Gasteiger partial charge in [0.25, 0.3) is 0 Å². The molecule has 1 fully saturated rings. The van der Waals surface area contributed by atoms with Gasteiger partial charge >= 0.3 is 0 Å². The zero-order chi connectivity index (χ0) is 27.9. The molecule has 9 heteroatoms. The Morgan fingerprint density at radius 3 is 2.76 bits per heavy atom. The molecule has 7 rings (SSSR count). The first kappa shape index (κ1) is 25.3. The average Bonchev–Trinajstić information content (AvgIpc) is 3.75. The van der Waals surface area contributed by atoms with Gasteiger partial charge in [0.15, 0.2) is 0 Å². The first-order chi connectivity index (χ1) is 20.0. The molecular weight excluding hydrogens is 517 g/mol. The van der Waals surface area contributed by atoms with Crippen LogP contribution >= 0.6 is 0 Å². The van der Waals surface area contributed by atoms with Crippen molar-refractivity contribution in [3.8, 4) is 28.4 Å². The zero-order valence-corrected chi connectivity index (χ0v) is 23.2. The van der Waals surface area contributed by atoms with E-state index in [0.29, 0.717) is 12.4 Å². The van der Waals surface area contributed by atoms with Gasteiger partial charge in [-0.1, -0.05) is 12.1 Å². The van der Waals surface area contributed by atoms with Crippen LogP contribution in [-0.4, -0.2) is 55.9 Å². The van der Waals surface area contributed by atoms with Crippen LogP contribution in [0.5, 0.6) is 5.75 Å². The molecule has 5 aromatic rings. The van der Waals surface area contributed by atoms with Crippen molar-refractivity contribution in [2.45, 2.75) is 19.8 Å². The third kappa shape index (κ3) is 4.82. The fraction of sp³-hybridized carbons (Fsp3) is 0.250. The molecule has 0 unspecified atom stereocenters. The predicted molar refractivity (Wildman–Crippen MR) is 160 cm³/mol. The lowest BCUT2D eigenvalue weighted by molar-refractivity contribution is 0.237. The Hall–Kier alpha value is -4.63. The Morgan fingerprint density at radius 2 is 1.93 bits per heavy atom. The van der Waals surface area contributed by atoms with Gasteiger partial charge in [-0.05, 0) is 80.4 Å². The molecule has 208 valence electrons. The SMILES string of the molecule is Cc1ncc(-c2ccc3[nH]nc(-c4cc5c([nH]4)NC=CC=C5c4cc(F)cc(OCCN5CCCC5)c4)c3c2)n1C. The number of likely N-dealkylation sites (tertiary alicyclic amines) is 1. The van der Waals surface area contributed by atoms with Gasteiger partial charge in [0.1, 0.15) is 35.5 Å². The third-order valence-electron chi connectivity index (χ3n) is 8.09. The van der Waals surface area contributed by atoms with Crippen molar-refractivity contribution < 1.29 is 9.13 Å². The Morgan fingerprint density at radius 1 is 1.05 bits per heavy atom. The van der Waals surface area contributed by atoms with Gasteiger partial charge in [-0.2, -0.15) is 5.10 Å². The minimum Gasteiger partial charge on any atom is -0.492 e. The first-order valence-corrected chi connectivity index (χ1v) is 14.0. The Balaban J connectivity index is 1.22. The number of ether oxygens (including phenoxy) is 1. The predicted octanol–water partition coefficient (Wildman–Crippen LogP) is 6.25. The van der Waals surface area contributed by atoms with Crippen molar-refractivity contribution in [3.63, 3.8) is 0 Å². The first-order valence-electron chi connectivity index (χ1n) is 14.0. The van der Waals surface area contributed by atoms with E-state index in [9.17, 15) is 4.39 Å². The van der Waals surface area contributed by atoms with Gasteiger partial charge in [0, 0.05) is 42.4 Å². The number of imidazole rings is 1. The maximum Gasteiger partial charge on any atom is 0.127 e. The van der Waals surface area contributed by atoms with Crippen LogP contribution in [-0.2, 0) is 7.05 Å². The number of benzene rings is 2. The standard InChI is InChI=1S/C32H32FN7O/c1-20-35-19-30(39(20)2)21-7-8-28-27(16-21)31(38-37-28)29-18-26-25(6-5-9-34-32(26)36-29)22-14-23(33)17-24(15-22)41-13-12-40-10-3-4-11-40/h5-9,14-19,34,36H,3-4,10-13H2,1-2H3,(H,37,38). The summed E-state index contributed by atoms with van der Waals surface area (Å²) >= 11 is 0. The minimum absolute atomic E-state index is 0.325. The van der Waals surface area contributed by atoms with Gasteiger partial charge in [-0.15, -0.1) is 0 Å². The van der Waals surface area contributed by atoms with E-state index >= 15 is 0 Å².